The summed E-state index contributed by atoms with van der Waals surface area (Å²) < 4.78 is 0. The van der Waals surface area contributed by atoms with E-state index in [2.05, 4.69) is 4.90 Å². The average Bonchev–Trinajstić information content (AvgIpc) is 2.66. The molecular formula is C13H15NO3. The lowest BCUT2D eigenvalue weighted by molar-refractivity contribution is -0.142. The maximum absolute atomic E-state index is 11.0. The normalized spacial score (nSPS) is 26.5. The number of hydrogen-bond acceptors (Lipinski definition) is 3. The van der Waals surface area contributed by atoms with Crippen molar-refractivity contribution in [1.82, 2.24) is 0 Å². The predicted octanol–water partition coefficient (Wildman–Crippen LogP) is 1.62. The molecule has 4 nitrogen and oxygen atoms in total. The van der Waals surface area contributed by atoms with E-state index in [1.54, 1.807) is 12.1 Å². The summed E-state index contributed by atoms with van der Waals surface area (Å²) in [6.45, 7) is 0.776. The summed E-state index contributed by atoms with van der Waals surface area (Å²) in [5, 5.41) is 18.6. The van der Waals surface area contributed by atoms with Crippen LogP contribution in [0.1, 0.15) is 18.4 Å². The summed E-state index contributed by atoms with van der Waals surface area (Å²) in [5.41, 5.74) is 2.30. The van der Waals surface area contributed by atoms with E-state index in [4.69, 9.17) is 5.11 Å². The summed E-state index contributed by atoms with van der Waals surface area (Å²) in [7, 11) is 0. The van der Waals surface area contributed by atoms with E-state index in [-0.39, 0.29) is 11.7 Å². The molecule has 2 N–H and O–H groups in total. The molecule has 2 aliphatic rings. The molecule has 0 bridgehead atoms. The number of carbonyl (C=O) groups is 1. The number of hydrogen-bond donors (Lipinski definition) is 2. The molecule has 0 aromatic heterocycles. The molecule has 1 aromatic carbocycles. The number of anilines is 1. The van der Waals surface area contributed by atoms with E-state index >= 15 is 0 Å². The molecule has 2 heterocycles. The lowest BCUT2D eigenvalue weighted by Gasteiger charge is -2.35. The van der Waals surface area contributed by atoms with Gasteiger partial charge in [0.25, 0.3) is 0 Å². The fraction of sp³-hybridized carbons (Fsp3) is 0.462. The predicted molar refractivity (Wildman–Crippen MR) is 63.3 cm³/mol. The Kier molecular flexibility index (Phi) is 2.24. The number of aliphatic carboxylic acids is 1. The third kappa shape index (κ3) is 1.64. The number of phenolic OH excluding ortho intramolecular Hbond substituents is 1. The van der Waals surface area contributed by atoms with E-state index in [1.165, 1.54) is 5.56 Å². The van der Waals surface area contributed by atoms with E-state index < -0.39 is 5.97 Å². The molecule has 3 rings (SSSR count). The second-order valence-electron chi connectivity index (χ2n) is 4.92. The second-order valence-corrected chi connectivity index (χ2v) is 4.92. The second kappa shape index (κ2) is 3.65. The van der Waals surface area contributed by atoms with Gasteiger partial charge in [-0.15, -0.1) is 0 Å². The Morgan fingerprint density at radius 1 is 1.41 bits per heavy atom. The molecule has 1 saturated heterocycles. The largest absolute Gasteiger partial charge is 0.508 e. The van der Waals surface area contributed by atoms with Crippen LogP contribution in [0.4, 0.5) is 5.69 Å². The van der Waals surface area contributed by atoms with Crippen LogP contribution >= 0.6 is 0 Å². The van der Waals surface area contributed by atoms with Gasteiger partial charge < -0.3 is 15.1 Å². The van der Waals surface area contributed by atoms with Gasteiger partial charge in [0.05, 0.1) is 5.92 Å². The minimum absolute atomic E-state index is 0.209. The number of benzene rings is 1. The lowest BCUT2D eigenvalue weighted by atomic mass is 9.91. The van der Waals surface area contributed by atoms with Crippen LogP contribution in [0.15, 0.2) is 18.2 Å². The van der Waals surface area contributed by atoms with Crippen LogP contribution < -0.4 is 4.90 Å². The number of aromatic hydroxyl groups is 1. The zero-order valence-corrected chi connectivity index (χ0v) is 9.47. The molecule has 4 heteroatoms. The fourth-order valence-corrected chi connectivity index (χ4v) is 3.03. The first-order chi connectivity index (χ1) is 8.15. The molecule has 0 radical (unpaired) electrons. The Balaban J connectivity index is 1.87. The van der Waals surface area contributed by atoms with Gasteiger partial charge in [0.1, 0.15) is 5.75 Å². The van der Waals surface area contributed by atoms with Crippen LogP contribution in [0.5, 0.6) is 5.75 Å². The molecule has 2 atom stereocenters. The minimum Gasteiger partial charge on any atom is -0.508 e. The number of rotatable bonds is 1. The van der Waals surface area contributed by atoms with Gasteiger partial charge in [-0.1, -0.05) is 6.07 Å². The number of nitrogens with zero attached hydrogens (tertiary/aromatic N) is 1. The lowest BCUT2D eigenvalue weighted by Crippen LogP contribution is -2.42. The van der Waals surface area contributed by atoms with E-state index in [0.29, 0.717) is 18.9 Å². The van der Waals surface area contributed by atoms with Crippen LogP contribution in [0, 0.1) is 5.92 Å². The summed E-state index contributed by atoms with van der Waals surface area (Å²) >= 11 is 0. The van der Waals surface area contributed by atoms with Crippen molar-refractivity contribution >= 4 is 11.7 Å². The Morgan fingerprint density at radius 2 is 2.24 bits per heavy atom. The number of fused-ring (bicyclic) bond motifs is 3. The van der Waals surface area contributed by atoms with Gasteiger partial charge >= 0.3 is 5.97 Å². The van der Waals surface area contributed by atoms with Crippen molar-refractivity contribution in [1.29, 1.82) is 0 Å². The Bertz CT molecular complexity index is 472. The number of carboxylic acids is 1. The van der Waals surface area contributed by atoms with Crippen molar-refractivity contribution < 1.29 is 15.0 Å². The highest BCUT2D eigenvalue weighted by Gasteiger charge is 2.37. The van der Waals surface area contributed by atoms with Gasteiger partial charge in [0.2, 0.25) is 0 Å². The highest BCUT2D eigenvalue weighted by Crippen LogP contribution is 2.40. The van der Waals surface area contributed by atoms with Crippen molar-refractivity contribution in [3.05, 3.63) is 23.8 Å². The minimum atomic E-state index is -0.677. The monoisotopic (exact) mass is 233 g/mol. The Hall–Kier alpha value is -1.71. The topological polar surface area (TPSA) is 60.8 Å². The van der Waals surface area contributed by atoms with Crippen molar-refractivity contribution in [2.45, 2.75) is 25.3 Å². The van der Waals surface area contributed by atoms with Crippen LogP contribution in [0.2, 0.25) is 0 Å². The number of carboxylic acid groups (broad SMARTS) is 1. The van der Waals surface area contributed by atoms with Gasteiger partial charge in [0.15, 0.2) is 0 Å². The summed E-state index contributed by atoms with van der Waals surface area (Å²) in [6, 6.07) is 5.72. The zero-order valence-electron chi connectivity index (χ0n) is 9.47. The van der Waals surface area contributed by atoms with Crippen LogP contribution in [0.25, 0.3) is 0 Å². The Morgan fingerprint density at radius 3 is 3.00 bits per heavy atom. The fourth-order valence-electron chi connectivity index (χ4n) is 3.03. The first kappa shape index (κ1) is 10.4. The van der Waals surface area contributed by atoms with Gasteiger partial charge in [0, 0.05) is 24.3 Å². The molecule has 0 spiro atoms. The quantitative estimate of drug-likeness (QED) is 0.773. The van der Waals surface area contributed by atoms with Crippen molar-refractivity contribution in [2.24, 2.45) is 5.92 Å². The van der Waals surface area contributed by atoms with Crippen molar-refractivity contribution in [3.63, 3.8) is 0 Å². The van der Waals surface area contributed by atoms with Crippen molar-refractivity contribution in [3.8, 4) is 5.75 Å². The standard InChI is InChI=1S/C13H15NO3/c15-11-2-1-8-5-10-6-9(13(16)17)3-4-14(10)12(8)7-11/h1-2,7,9-10,15H,3-6H2,(H,16,17). The van der Waals surface area contributed by atoms with E-state index in [1.807, 2.05) is 6.07 Å². The van der Waals surface area contributed by atoms with Gasteiger partial charge in [-0.2, -0.15) is 0 Å². The first-order valence-corrected chi connectivity index (χ1v) is 5.96. The Labute approximate surface area is 99.5 Å². The molecule has 2 aliphatic heterocycles. The third-order valence-corrected chi connectivity index (χ3v) is 3.90. The van der Waals surface area contributed by atoms with Crippen LogP contribution in [-0.2, 0) is 11.2 Å². The van der Waals surface area contributed by atoms with Gasteiger partial charge in [-0.25, -0.2) is 0 Å². The first-order valence-electron chi connectivity index (χ1n) is 5.96. The number of phenols is 1. The number of piperidine rings is 1. The third-order valence-electron chi connectivity index (χ3n) is 3.90. The van der Waals surface area contributed by atoms with Gasteiger partial charge in [-0.05, 0) is 30.9 Å². The molecule has 90 valence electrons. The van der Waals surface area contributed by atoms with Crippen LogP contribution in [-0.4, -0.2) is 28.8 Å². The van der Waals surface area contributed by atoms with E-state index in [9.17, 15) is 9.90 Å². The highest BCUT2D eigenvalue weighted by molar-refractivity contribution is 5.71. The van der Waals surface area contributed by atoms with Gasteiger partial charge in [-0.3, -0.25) is 4.79 Å². The summed E-state index contributed by atoms with van der Waals surface area (Å²) in [6.07, 6.45) is 2.31. The maximum atomic E-state index is 11.0. The van der Waals surface area contributed by atoms with Crippen molar-refractivity contribution in [2.75, 3.05) is 11.4 Å². The molecule has 2 unspecified atom stereocenters. The molecule has 0 aliphatic carbocycles. The maximum Gasteiger partial charge on any atom is 0.306 e. The summed E-state index contributed by atoms with van der Waals surface area (Å²) in [5.74, 6) is -0.604. The SMILES string of the molecule is O=C(O)C1CCN2c3cc(O)ccc3CC2C1. The molecule has 0 saturated carbocycles. The van der Waals surface area contributed by atoms with E-state index in [0.717, 1.165) is 18.7 Å². The molecule has 17 heavy (non-hydrogen) atoms. The summed E-state index contributed by atoms with van der Waals surface area (Å²) in [4.78, 5) is 13.3. The zero-order chi connectivity index (χ0) is 12.0. The smallest absolute Gasteiger partial charge is 0.306 e. The van der Waals surface area contributed by atoms with Crippen LogP contribution in [0.3, 0.4) is 0 Å². The molecule has 1 aromatic rings. The molecule has 0 amide bonds. The highest BCUT2D eigenvalue weighted by atomic mass is 16.4. The average molecular weight is 233 g/mol. The molecule has 1 fully saturated rings. The molecular weight excluding hydrogens is 218 g/mol.